The first-order valence-corrected chi connectivity index (χ1v) is 8.26. The molecule has 0 radical (unpaired) electrons. The summed E-state index contributed by atoms with van der Waals surface area (Å²) >= 11 is 3.42. The molecular formula is C17H16BrNO5. The molecule has 24 heavy (non-hydrogen) atoms. The Hall–Kier alpha value is -2.12. The third-order valence-corrected chi connectivity index (χ3v) is 4.36. The maximum Gasteiger partial charge on any atom is 0.328 e. The van der Waals surface area contributed by atoms with E-state index in [-0.39, 0.29) is 25.7 Å². The summed E-state index contributed by atoms with van der Waals surface area (Å²) in [4.78, 5) is 24.8. The predicted octanol–water partition coefficient (Wildman–Crippen LogP) is 2.29. The maximum absolute atomic E-state index is 12.3. The first-order valence-electron chi connectivity index (χ1n) is 7.47. The van der Waals surface area contributed by atoms with Gasteiger partial charge in [0.2, 0.25) is 0 Å². The number of amides is 1. The van der Waals surface area contributed by atoms with Gasteiger partial charge < -0.3 is 19.5 Å². The smallest absolute Gasteiger partial charge is 0.328 e. The molecule has 1 heterocycles. The van der Waals surface area contributed by atoms with Crippen molar-refractivity contribution in [2.75, 3.05) is 26.4 Å². The van der Waals surface area contributed by atoms with Crippen LogP contribution in [0.2, 0.25) is 0 Å². The molecule has 3 rings (SSSR count). The number of nitrogens with zero attached hydrogens (tertiary/aromatic N) is 1. The van der Waals surface area contributed by atoms with E-state index in [1.807, 2.05) is 30.3 Å². The van der Waals surface area contributed by atoms with Crippen molar-refractivity contribution >= 4 is 38.6 Å². The second-order valence-corrected chi connectivity index (χ2v) is 6.37. The van der Waals surface area contributed by atoms with Crippen molar-refractivity contribution in [1.29, 1.82) is 0 Å². The summed E-state index contributed by atoms with van der Waals surface area (Å²) in [5.41, 5.74) is 0. The van der Waals surface area contributed by atoms with Crippen LogP contribution in [0.15, 0.2) is 40.9 Å². The zero-order chi connectivity index (χ0) is 17.1. The topological polar surface area (TPSA) is 76.1 Å². The van der Waals surface area contributed by atoms with Gasteiger partial charge in [0.05, 0.1) is 13.2 Å². The lowest BCUT2D eigenvalue weighted by Gasteiger charge is -2.32. The highest BCUT2D eigenvalue weighted by molar-refractivity contribution is 9.10. The van der Waals surface area contributed by atoms with Gasteiger partial charge >= 0.3 is 5.97 Å². The van der Waals surface area contributed by atoms with E-state index in [2.05, 4.69) is 15.9 Å². The van der Waals surface area contributed by atoms with Crippen molar-refractivity contribution in [1.82, 2.24) is 4.90 Å². The van der Waals surface area contributed by atoms with Gasteiger partial charge in [-0.1, -0.05) is 28.1 Å². The van der Waals surface area contributed by atoms with Crippen LogP contribution >= 0.6 is 15.9 Å². The van der Waals surface area contributed by atoms with Crippen molar-refractivity contribution in [2.24, 2.45) is 0 Å². The molecule has 1 N–H and O–H groups in total. The van der Waals surface area contributed by atoms with Crippen molar-refractivity contribution in [3.63, 3.8) is 0 Å². The second kappa shape index (κ2) is 7.19. The van der Waals surface area contributed by atoms with E-state index < -0.39 is 12.0 Å². The molecule has 1 saturated heterocycles. The molecule has 0 spiro atoms. The Morgan fingerprint density at radius 2 is 2.00 bits per heavy atom. The number of hydrogen-bond donors (Lipinski definition) is 1. The molecule has 126 valence electrons. The molecule has 1 aliphatic heterocycles. The Morgan fingerprint density at radius 3 is 2.79 bits per heavy atom. The fourth-order valence-electron chi connectivity index (χ4n) is 2.62. The van der Waals surface area contributed by atoms with E-state index in [1.54, 1.807) is 6.07 Å². The summed E-state index contributed by atoms with van der Waals surface area (Å²) < 4.78 is 11.7. The number of halogens is 1. The number of rotatable bonds is 4. The molecule has 6 nitrogen and oxygen atoms in total. The molecule has 7 heteroatoms. The summed E-state index contributed by atoms with van der Waals surface area (Å²) in [7, 11) is 0. The van der Waals surface area contributed by atoms with Crippen LogP contribution in [-0.4, -0.2) is 54.3 Å². The number of hydrogen-bond acceptors (Lipinski definition) is 4. The highest BCUT2D eigenvalue weighted by atomic mass is 79.9. The summed E-state index contributed by atoms with van der Waals surface area (Å²) in [5, 5.41) is 11.2. The molecule has 0 bridgehead atoms. The van der Waals surface area contributed by atoms with E-state index in [1.165, 1.54) is 4.90 Å². The van der Waals surface area contributed by atoms with Gasteiger partial charge in [0.25, 0.3) is 5.91 Å². The highest BCUT2D eigenvalue weighted by Gasteiger charge is 2.32. The molecule has 2 aromatic rings. The van der Waals surface area contributed by atoms with Gasteiger partial charge in [0.15, 0.2) is 12.6 Å². The molecule has 2 aromatic carbocycles. The Balaban J connectivity index is 1.67. The Kier molecular flexibility index (Phi) is 5.01. The third kappa shape index (κ3) is 3.68. The normalized spacial score (nSPS) is 17.7. The summed E-state index contributed by atoms with van der Waals surface area (Å²) in [6, 6.07) is 10.5. The number of carbonyl (C=O) groups is 2. The number of carboxylic acids is 1. The van der Waals surface area contributed by atoms with Crippen LogP contribution in [0.1, 0.15) is 0 Å². The van der Waals surface area contributed by atoms with Crippen molar-refractivity contribution in [3.05, 3.63) is 40.9 Å². The number of benzene rings is 2. The second-order valence-electron chi connectivity index (χ2n) is 5.46. The first kappa shape index (κ1) is 16.7. The lowest BCUT2D eigenvalue weighted by Crippen LogP contribution is -2.53. The molecule has 1 unspecified atom stereocenters. The lowest BCUT2D eigenvalue weighted by atomic mass is 10.1. The van der Waals surface area contributed by atoms with Gasteiger partial charge in [0.1, 0.15) is 5.75 Å². The Labute approximate surface area is 147 Å². The standard InChI is InChI=1S/C17H16BrNO5/c18-13-3-1-12-8-14(4-2-11(12)7-13)24-10-16(20)19-5-6-23-9-15(19)17(21)22/h1-4,7-8,15H,5-6,9-10H2,(H,21,22). The van der Waals surface area contributed by atoms with E-state index >= 15 is 0 Å². The average molecular weight is 394 g/mol. The van der Waals surface area contributed by atoms with E-state index in [0.717, 1.165) is 15.2 Å². The number of aliphatic carboxylic acids is 1. The van der Waals surface area contributed by atoms with Gasteiger partial charge in [0, 0.05) is 11.0 Å². The molecule has 1 aliphatic rings. The molecule has 1 atom stereocenters. The van der Waals surface area contributed by atoms with E-state index in [4.69, 9.17) is 14.6 Å². The maximum atomic E-state index is 12.3. The zero-order valence-electron chi connectivity index (χ0n) is 12.8. The SMILES string of the molecule is O=C(O)C1COCCN1C(=O)COc1ccc2cc(Br)ccc2c1. The first-order chi connectivity index (χ1) is 11.5. The zero-order valence-corrected chi connectivity index (χ0v) is 14.4. The van der Waals surface area contributed by atoms with E-state index in [0.29, 0.717) is 12.4 Å². The number of fused-ring (bicyclic) bond motifs is 1. The largest absolute Gasteiger partial charge is 0.484 e. The lowest BCUT2D eigenvalue weighted by molar-refractivity contribution is -0.159. The van der Waals surface area contributed by atoms with Crippen LogP contribution in [0, 0.1) is 0 Å². The van der Waals surface area contributed by atoms with Crippen LogP contribution in [0.3, 0.4) is 0 Å². The van der Waals surface area contributed by atoms with Crippen molar-refractivity contribution in [3.8, 4) is 5.75 Å². The number of ether oxygens (including phenoxy) is 2. The minimum atomic E-state index is -1.07. The molecule has 0 aromatic heterocycles. The monoisotopic (exact) mass is 393 g/mol. The van der Waals surface area contributed by atoms with Crippen molar-refractivity contribution < 1.29 is 24.2 Å². The highest BCUT2D eigenvalue weighted by Crippen LogP contribution is 2.24. The van der Waals surface area contributed by atoms with Gasteiger partial charge in [-0.2, -0.15) is 0 Å². The van der Waals surface area contributed by atoms with Crippen LogP contribution in [-0.2, 0) is 14.3 Å². The van der Waals surface area contributed by atoms with Crippen LogP contribution in [0.4, 0.5) is 0 Å². The van der Waals surface area contributed by atoms with E-state index in [9.17, 15) is 9.59 Å². The molecule has 1 fully saturated rings. The van der Waals surface area contributed by atoms with Crippen LogP contribution in [0.25, 0.3) is 10.8 Å². The van der Waals surface area contributed by atoms with Gasteiger partial charge in [-0.15, -0.1) is 0 Å². The van der Waals surface area contributed by atoms with Crippen molar-refractivity contribution in [2.45, 2.75) is 6.04 Å². The molecule has 0 aliphatic carbocycles. The molecule has 0 saturated carbocycles. The Morgan fingerprint density at radius 1 is 1.25 bits per heavy atom. The Bertz CT molecular complexity index is 779. The molecule has 1 amide bonds. The summed E-state index contributed by atoms with van der Waals surface area (Å²) in [6.45, 7) is 0.392. The molecular weight excluding hydrogens is 378 g/mol. The number of carboxylic acid groups (broad SMARTS) is 1. The van der Waals surface area contributed by atoms with Gasteiger partial charge in [-0.3, -0.25) is 4.79 Å². The summed E-state index contributed by atoms with van der Waals surface area (Å²) in [5.74, 6) is -0.862. The quantitative estimate of drug-likeness (QED) is 0.862. The summed E-state index contributed by atoms with van der Waals surface area (Å²) in [6.07, 6.45) is 0. The third-order valence-electron chi connectivity index (χ3n) is 3.87. The van der Waals surface area contributed by atoms with Crippen LogP contribution < -0.4 is 4.74 Å². The fraction of sp³-hybridized carbons (Fsp3) is 0.294. The minimum Gasteiger partial charge on any atom is -0.484 e. The number of morpholine rings is 1. The minimum absolute atomic E-state index is 0.00588. The van der Waals surface area contributed by atoms with Crippen LogP contribution in [0.5, 0.6) is 5.75 Å². The fourth-order valence-corrected chi connectivity index (χ4v) is 3.00. The van der Waals surface area contributed by atoms with Gasteiger partial charge in [-0.05, 0) is 35.0 Å². The number of carbonyl (C=O) groups excluding carboxylic acids is 1. The van der Waals surface area contributed by atoms with Gasteiger partial charge in [-0.25, -0.2) is 4.79 Å². The predicted molar refractivity (Wildman–Crippen MR) is 91.1 cm³/mol. The average Bonchev–Trinajstić information content (AvgIpc) is 2.59.